The molecule has 0 aliphatic heterocycles. The van der Waals surface area contributed by atoms with Gasteiger partial charge < -0.3 is 10.1 Å². The second kappa shape index (κ2) is 6.21. The van der Waals surface area contributed by atoms with Gasteiger partial charge in [0.15, 0.2) is 5.69 Å². The first-order chi connectivity index (χ1) is 9.86. The molecular weight excluding hydrogens is 348 g/mol. The predicted molar refractivity (Wildman–Crippen MR) is 76.7 cm³/mol. The number of nitrogens with one attached hydrogen (secondary N) is 1. The van der Waals surface area contributed by atoms with E-state index in [1.807, 2.05) is 0 Å². The number of ether oxygens (including phenoxy) is 1. The second-order valence-corrected chi connectivity index (χ2v) is 5.16. The third-order valence-electron chi connectivity index (χ3n) is 2.67. The lowest BCUT2D eigenvalue weighted by atomic mass is 10.2. The summed E-state index contributed by atoms with van der Waals surface area (Å²) in [7, 11) is 1.70. The monoisotopic (exact) mass is 359 g/mol. The number of anilines is 1. The van der Waals surface area contributed by atoms with Gasteiger partial charge in [-0.1, -0.05) is 0 Å². The lowest BCUT2D eigenvalue weighted by Gasteiger charge is -2.10. The van der Waals surface area contributed by atoms with Crippen LogP contribution in [-0.2, 0) is 7.05 Å². The average molecular weight is 360 g/mol. The minimum absolute atomic E-state index is 0.0412. The topological polar surface area (TPSA) is 56.1 Å². The van der Waals surface area contributed by atoms with Gasteiger partial charge in [-0.15, -0.1) is 0 Å². The van der Waals surface area contributed by atoms with Gasteiger partial charge in [0.1, 0.15) is 5.75 Å². The molecule has 0 atom stereocenters. The van der Waals surface area contributed by atoms with Crippen LogP contribution in [-0.4, -0.2) is 22.3 Å². The first-order valence-corrected chi connectivity index (χ1v) is 6.72. The summed E-state index contributed by atoms with van der Waals surface area (Å²) in [6, 6.07) is 4.29. The number of aryl methyl sites for hydroxylation is 2. The highest BCUT2D eigenvalue weighted by atomic mass is 79.9. The lowest BCUT2D eigenvalue weighted by molar-refractivity contribution is -0.0498. The highest BCUT2D eigenvalue weighted by molar-refractivity contribution is 9.10. The molecule has 112 valence electrons. The SMILES string of the molecule is Cc1cc(OC(F)F)ccc1NC(=O)c1nn(C)cc1Br. The van der Waals surface area contributed by atoms with Crippen LogP contribution in [0.25, 0.3) is 0 Å². The van der Waals surface area contributed by atoms with Crippen molar-refractivity contribution >= 4 is 27.5 Å². The van der Waals surface area contributed by atoms with Crippen molar-refractivity contribution in [2.75, 3.05) is 5.32 Å². The molecule has 8 heteroatoms. The van der Waals surface area contributed by atoms with E-state index in [1.54, 1.807) is 20.2 Å². The summed E-state index contributed by atoms with van der Waals surface area (Å²) in [4.78, 5) is 12.1. The fraction of sp³-hybridized carbons (Fsp3) is 0.231. The van der Waals surface area contributed by atoms with E-state index in [-0.39, 0.29) is 11.4 Å². The van der Waals surface area contributed by atoms with E-state index in [2.05, 4.69) is 31.1 Å². The quantitative estimate of drug-likeness (QED) is 0.910. The Bertz CT molecular complexity index is 673. The van der Waals surface area contributed by atoms with Crippen LogP contribution in [0, 0.1) is 6.92 Å². The maximum atomic E-state index is 12.1. The number of carbonyl (C=O) groups is 1. The summed E-state index contributed by atoms with van der Waals surface area (Å²) >= 11 is 3.24. The van der Waals surface area contributed by atoms with Crippen molar-refractivity contribution in [1.82, 2.24) is 9.78 Å². The van der Waals surface area contributed by atoms with Gasteiger partial charge in [0.25, 0.3) is 5.91 Å². The minimum Gasteiger partial charge on any atom is -0.435 e. The van der Waals surface area contributed by atoms with Crippen molar-refractivity contribution in [1.29, 1.82) is 0 Å². The van der Waals surface area contributed by atoms with Gasteiger partial charge in [0.2, 0.25) is 0 Å². The average Bonchev–Trinajstić information content (AvgIpc) is 2.71. The molecule has 0 spiro atoms. The third kappa shape index (κ3) is 3.78. The van der Waals surface area contributed by atoms with E-state index in [0.29, 0.717) is 15.7 Å². The Kier molecular flexibility index (Phi) is 4.56. The number of aromatic nitrogens is 2. The van der Waals surface area contributed by atoms with Crippen molar-refractivity contribution in [3.63, 3.8) is 0 Å². The summed E-state index contributed by atoms with van der Waals surface area (Å²) in [5, 5.41) is 6.70. The van der Waals surface area contributed by atoms with E-state index in [4.69, 9.17) is 0 Å². The van der Waals surface area contributed by atoms with Gasteiger partial charge in [-0.3, -0.25) is 9.48 Å². The van der Waals surface area contributed by atoms with Crippen LogP contribution in [0.5, 0.6) is 5.75 Å². The zero-order valence-corrected chi connectivity index (χ0v) is 12.8. The summed E-state index contributed by atoms with van der Waals surface area (Å²) in [6.07, 6.45) is 1.65. The molecule has 2 rings (SSSR count). The Morgan fingerprint density at radius 3 is 2.71 bits per heavy atom. The third-order valence-corrected chi connectivity index (χ3v) is 3.25. The molecule has 1 aromatic heterocycles. The normalized spacial score (nSPS) is 10.8. The fourth-order valence-electron chi connectivity index (χ4n) is 1.75. The number of nitrogens with zero attached hydrogens (tertiary/aromatic N) is 2. The molecule has 21 heavy (non-hydrogen) atoms. The van der Waals surface area contributed by atoms with Crippen LogP contribution < -0.4 is 10.1 Å². The Balaban J connectivity index is 2.16. The van der Waals surface area contributed by atoms with E-state index < -0.39 is 12.5 Å². The van der Waals surface area contributed by atoms with Crippen molar-refractivity contribution < 1.29 is 18.3 Å². The van der Waals surface area contributed by atoms with Crippen LogP contribution in [0.1, 0.15) is 16.1 Å². The number of amides is 1. The van der Waals surface area contributed by atoms with E-state index in [1.165, 1.54) is 22.9 Å². The molecule has 0 aliphatic carbocycles. The largest absolute Gasteiger partial charge is 0.435 e. The molecular formula is C13H12BrF2N3O2. The highest BCUT2D eigenvalue weighted by Crippen LogP contribution is 2.24. The molecule has 2 aromatic rings. The van der Waals surface area contributed by atoms with Crippen molar-refractivity contribution in [2.24, 2.45) is 7.05 Å². The number of hydrogen-bond acceptors (Lipinski definition) is 3. The zero-order valence-electron chi connectivity index (χ0n) is 11.2. The number of rotatable bonds is 4. The van der Waals surface area contributed by atoms with Gasteiger partial charge >= 0.3 is 6.61 Å². The van der Waals surface area contributed by atoms with Gasteiger partial charge in [0, 0.05) is 18.9 Å². The van der Waals surface area contributed by atoms with Gasteiger partial charge in [-0.25, -0.2) is 0 Å². The number of hydrogen-bond donors (Lipinski definition) is 1. The lowest BCUT2D eigenvalue weighted by Crippen LogP contribution is -2.14. The molecule has 0 saturated carbocycles. The molecule has 0 radical (unpaired) electrons. The van der Waals surface area contributed by atoms with Crippen molar-refractivity contribution in [3.8, 4) is 5.75 Å². The van der Waals surface area contributed by atoms with E-state index in [0.717, 1.165) is 0 Å². The van der Waals surface area contributed by atoms with Gasteiger partial charge in [0.05, 0.1) is 4.47 Å². The second-order valence-electron chi connectivity index (χ2n) is 4.31. The Morgan fingerprint density at radius 1 is 1.48 bits per heavy atom. The molecule has 0 aliphatic rings. The predicted octanol–water partition coefficient (Wildman–Crippen LogP) is 3.34. The number of halogens is 3. The minimum atomic E-state index is -2.88. The number of benzene rings is 1. The summed E-state index contributed by atoms with van der Waals surface area (Å²) in [6.45, 7) is -1.20. The summed E-state index contributed by atoms with van der Waals surface area (Å²) in [5.74, 6) is -0.354. The molecule has 1 N–H and O–H groups in total. The van der Waals surface area contributed by atoms with Crippen molar-refractivity contribution in [2.45, 2.75) is 13.5 Å². The number of carbonyl (C=O) groups excluding carboxylic acids is 1. The highest BCUT2D eigenvalue weighted by Gasteiger charge is 2.15. The Labute approximate surface area is 128 Å². The Hall–Kier alpha value is -1.96. The maximum Gasteiger partial charge on any atom is 0.387 e. The van der Waals surface area contributed by atoms with Crippen LogP contribution in [0.3, 0.4) is 0 Å². The van der Waals surface area contributed by atoms with Gasteiger partial charge in [-0.2, -0.15) is 13.9 Å². The summed E-state index contributed by atoms with van der Waals surface area (Å²) in [5.41, 5.74) is 1.34. The van der Waals surface area contributed by atoms with Gasteiger partial charge in [-0.05, 0) is 46.6 Å². The van der Waals surface area contributed by atoms with Crippen LogP contribution in [0.2, 0.25) is 0 Å². The zero-order chi connectivity index (χ0) is 15.6. The molecule has 0 saturated heterocycles. The smallest absolute Gasteiger partial charge is 0.387 e. The maximum absolute atomic E-state index is 12.1. The molecule has 0 fully saturated rings. The first-order valence-electron chi connectivity index (χ1n) is 5.93. The van der Waals surface area contributed by atoms with Crippen molar-refractivity contribution in [3.05, 3.63) is 40.1 Å². The van der Waals surface area contributed by atoms with Crippen LogP contribution in [0.15, 0.2) is 28.9 Å². The van der Waals surface area contributed by atoms with E-state index >= 15 is 0 Å². The molecule has 0 unspecified atom stereocenters. The van der Waals surface area contributed by atoms with Crippen LogP contribution in [0.4, 0.5) is 14.5 Å². The molecule has 1 amide bonds. The first kappa shape index (κ1) is 15.4. The number of alkyl halides is 2. The standard InChI is InChI=1S/C13H12BrF2N3O2/c1-7-5-8(21-13(15)16)3-4-10(7)17-12(20)11-9(14)6-19(2)18-11/h3-6,13H,1-2H3,(H,17,20). The fourth-order valence-corrected chi connectivity index (χ4v) is 2.30. The Morgan fingerprint density at radius 2 is 2.19 bits per heavy atom. The molecule has 1 heterocycles. The molecule has 1 aromatic carbocycles. The van der Waals surface area contributed by atoms with E-state index in [9.17, 15) is 13.6 Å². The molecule has 0 bridgehead atoms. The van der Waals surface area contributed by atoms with Crippen LogP contribution >= 0.6 is 15.9 Å². The molecule has 5 nitrogen and oxygen atoms in total. The summed E-state index contributed by atoms with van der Waals surface area (Å²) < 4.78 is 30.6.